The zero-order valence-electron chi connectivity index (χ0n) is 9.53. The van der Waals surface area contributed by atoms with Gasteiger partial charge in [0.15, 0.2) is 0 Å². The van der Waals surface area contributed by atoms with Gasteiger partial charge in [0.25, 0.3) is 11.6 Å². The number of aromatic nitrogens is 2. The Bertz CT molecular complexity index is 616. The minimum absolute atomic E-state index is 0.00122. The van der Waals surface area contributed by atoms with Crippen LogP contribution in [0.3, 0.4) is 0 Å². The van der Waals surface area contributed by atoms with E-state index in [1.165, 1.54) is 23.0 Å². The molecule has 0 atom stereocenters. The molecule has 0 aliphatic rings. The van der Waals surface area contributed by atoms with E-state index in [1.54, 1.807) is 19.1 Å². The van der Waals surface area contributed by atoms with E-state index >= 15 is 0 Å². The molecule has 1 aromatic heterocycles. The van der Waals surface area contributed by atoms with Gasteiger partial charge < -0.3 is 5.73 Å². The van der Waals surface area contributed by atoms with E-state index in [-0.39, 0.29) is 5.69 Å². The van der Waals surface area contributed by atoms with E-state index in [0.717, 1.165) is 0 Å². The van der Waals surface area contributed by atoms with Gasteiger partial charge in [-0.15, -0.1) is 0 Å². The Labute approximate surface area is 102 Å². The first-order chi connectivity index (χ1) is 8.50. The Morgan fingerprint density at radius 1 is 1.39 bits per heavy atom. The number of amides is 1. The quantitative estimate of drug-likeness (QED) is 0.648. The van der Waals surface area contributed by atoms with Crippen LogP contribution in [0.1, 0.15) is 16.1 Å². The number of hydrogen-bond acceptors (Lipinski definition) is 4. The van der Waals surface area contributed by atoms with Crippen molar-refractivity contribution in [3.63, 3.8) is 0 Å². The zero-order valence-corrected chi connectivity index (χ0v) is 9.53. The summed E-state index contributed by atoms with van der Waals surface area (Å²) >= 11 is 0. The molecule has 0 fully saturated rings. The molecule has 0 unspecified atom stereocenters. The van der Waals surface area contributed by atoms with Crippen LogP contribution in [0.4, 0.5) is 5.69 Å². The van der Waals surface area contributed by atoms with Crippen molar-refractivity contribution in [3.05, 3.63) is 51.8 Å². The summed E-state index contributed by atoms with van der Waals surface area (Å²) in [7, 11) is 0. The van der Waals surface area contributed by atoms with Gasteiger partial charge in [0.2, 0.25) is 0 Å². The molecule has 0 aliphatic heterocycles. The molecule has 0 spiro atoms. The Kier molecular flexibility index (Phi) is 2.80. The van der Waals surface area contributed by atoms with E-state index < -0.39 is 10.8 Å². The highest BCUT2D eigenvalue weighted by Gasteiger charge is 2.13. The number of benzene rings is 1. The number of non-ortho nitro benzene ring substituents is 1. The third kappa shape index (κ3) is 1.93. The molecule has 0 saturated carbocycles. The van der Waals surface area contributed by atoms with Crippen molar-refractivity contribution in [1.82, 2.24) is 9.78 Å². The topological polar surface area (TPSA) is 104 Å². The van der Waals surface area contributed by atoms with E-state index in [0.29, 0.717) is 16.9 Å². The maximum absolute atomic E-state index is 11.1. The number of nitro groups is 1. The van der Waals surface area contributed by atoms with Crippen molar-refractivity contribution in [3.8, 4) is 5.69 Å². The predicted molar refractivity (Wildman–Crippen MR) is 63.5 cm³/mol. The average molecular weight is 246 g/mol. The first kappa shape index (κ1) is 11.8. The van der Waals surface area contributed by atoms with E-state index in [1.807, 2.05) is 0 Å². The summed E-state index contributed by atoms with van der Waals surface area (Å²) < 4.78 is 1.50. The molecular weight excluding hydrogens is 236 g/mol. The molecule has 2 aromatic rings. The lowest BCUT2D eigenvalue weighted by Crippen LogP contribution is -2.12. The van der Waals surface area contributed by atoms with Crippen LogP contribution < -0.4 is 5.73 Å². The summed E-state index contributed by atoms with van der Waals surface area (Å²) in [4.78, 5) is 21.1. The fourth-order valence-corrected chi connectivity index (χ4v) is 1.63. The molecule has 2 rings (SSSR count). The third-order valence-corrected chi connectivity index (χ3v) is 2.58. The normalized spacial score (nSPS) is 10.3. The number of carbonyl (C=O) groups is 1. The third-order valence-electron chi connectivity index (χ3n) is 2.58. The summed E-state index contributed by atoms with van der Waals surface area (Å²) in [6.45, 7) is 1.70. The molecule has 7 nitrogen and oxygen atoms in total. The minimum Gasteiger partial charge on any atom is -0.365 e. The molecule has 1 aromatic carbocycles. The summed E-state index contributed by atoms with van der Waals surface area (Å²) in [5.41, 5.74) is 6.74. The second-order valence-corrected chi connectivity index (χ2v) is 3.69. The zero-order chi connectivity index (χ0) is 13.3. The molecule has 1 amide bonds. The Hall–Kier alpha value is -2.70. The van der Waals surface area contributed by atoms with E-state index in [2.05, 4.69) is 5.10 Å². The highest BCUT2D eigenvalue weighted by Crippen LogP contribution is 2.17. The van der Waals surface area contributed by atoms with Gasteiger partial charge in [-0.05, 0) is 19.1 Å². The summed E-state index contributed by atoms with van der Waals surface area (Å²) in [6.07, 6.45) is 1.37. The van der Waals surface area contributed by atoms with Gasteiger partial charge in [-0.3, -0.25) is 14.9 Å². The van der Waals surface area contributed by atoms with Crippen molar-refractivity contribution < 1.29 is 9.72 Å². The molecule has 0 saturated heterocycles. The van der Waals surface area contributed by atoms with Gasteiger partial charge in [-0.25, -0.2) is 4.68 Å². The highest BCUT2D eigenvalue weighted by molar-refractivity contribution is 5.93. The van der Waals surface area contributed by atoms with Crippen LogP contribution in [0.15, 0.2) is 30.5 Å². The van der Waals surface area contributed by atoms with Crippen LogP contribution in [-0.4, -0.2) is 20.6 Å². The first-order valence-corrected chi connectivity index (χ1v) is 5.10. The van der Waals surface area contributed by atoms with E-state index in [9.17, 15) is 14.9 Å². The van der Waals surface area contributed by atoms with Gasteiger partial charge in [0.05, 0.1) is 28.1 Å². The molecule has 0 aliphatic carbocycles. The molecule has 0 radical (unpaired) electrons. The number of carbonyl (C=O) groups excluding carboxylic acids is 1. The summed E-state index contributed by atoms with van der Waals surface area (Å²) in [5, 5.41) is 14.6. The van der Waals surface area contributed by atoms with Crippen molar-refractivity contribution in [2.75, 3.05) is 0 Å². The van der Waals surface area contributed by atoms with Crippen molar-refractivity contribution in [1.29, 1.82) is 0 Å². The van der Waals surface area contributed by atoms with Gasteiger partial charge in [-0.1, -0.05) is 0 Å². The molecular formula is C11H10N4O3. The summed E-state index contributed by atoms with van der Waals surface area (Å²) in [5.74, 6) is -0.555. The van der Waals surface area contributed by atoms with Crippen LogP contribution in [0.5, 0.6) is 0 Å². The Balaban J connectivity index is 2.43. The van der Waals surface area contributed by atoms with Gasteiger partial charge >= 0.3 is 0 Å². The lowest BCUT2D eigenvalue weighted by atomic mass is 10.2. The fraction of sp³-hybridized carbons (Fsp3) is 0.0909. The van der Waals surface area contributed by atoms with Gasteiger partial charge in [-0.2, -0.15) is 5.10 Å². The van der Waals surface area contributed by atoms with Crippen LogP contribution >= 0.6 is 0 Å². The fourth-order valence-electron chi connectivity index (χ4n) is 1.63. The van der Waals surface area contributed by atoms with Gasteiger partial charge in [0.1, 0.15) is 0 Å². The Morgan fingerprint density at radius 3 is 2.44 bits per heavy atom. The lowest BCUT2D eigenvalue weighted by Gasteiger charge is -2.04. The molecule has 0 bridgehead atoms. The maximum Gasteiger partial charge on any atom is 0.269 e. The maximum atomic E-state index is 11.1. The monoisotopic (exact) mass is 246 g/mol. The number of rotatable bonds is 3. The van der Waals surface area contributed by atoms with Crippen molar-refractivity contribution in [2.45, 2.75) is 6.92 Å². The smallest absolute Gasteiger partial charge is 0.269 e. The van der Waals surface area contributed by atoms with E-state index in [4.69, 9.17) is 5.73 Å². The number of primary amides is 1. The number of hydrogen-bond donors (Lipinski definition) is 1. The molecule has 7 heteroatoms. The van der Waals surface area contributed by atoms with Crippen LogP contribution in [-0.2, 0) is 0 Å². The predicted octanol–water partition coefficient (Wildman–Crippen LogP) is 1.19. The molecule has 18 heavy (non-hydrogen) atoms. The second-order valence-electron chi connectivity index (χ2n) is 3.69. The largest absolute Gasteiger partial charge is 0.365 e. The number of nitro benzene ring substituents is 1. The van der Waals surface area contributed by atoms with Crippen molar-refractivity contribution >= 4 is 11.6 Å². The number of nitrogens with two attached hydrogens (primary N) is 1. The van der Waals surface area contributed by atoms with Gasteiger partial charge in [0, 0.05) is 12.1 Å². The molecule has 1 heterocycles. The van der Waals surface area contributed by atoms with Crippen LogP contribution in [0, 0.1) is 17.0 Å². The van der Waals surface area contributed by atoms with Crippen molar-refractivity contribution in [2.24, 2.45) is 5.73 Å². The molecule has 92 valence electrons. The average Bonchev–Trinajstić information content (AvgIpc) is 2.71. The Morgan fingerprint density at radius 2 is 2.00 bits per heavy atom. The SMILES string of the molecule is Cc1c(C(N)=O)cnn1-c1ccc([N+](=O)[O-])cc1. The standard InChI is InChI=1S/C11H10N4O3/c1-7-10(11(12)16)6-13-14(7)8-2-4-9(5-3-8)15(17)18/h2-6H,1H3,(H2,12,16). The van der Waals surface area contributed by atoms with Crippen LogP contribution in [0.2, 0.25) is 0 Å². The first-order valence-electron chi connectivity index (χ1n) is 5.10. The second kappa shape index (κ2) is 4.28. The lowest BCUT2D eigenvalue weighted by molar-refractivity contribution is -0.384. The number of nitrogens with zero attached hydrogens (tertiary/aromatic N) is 3. The molecule has 2 N–H and O–H groups in total. The summed E-state index contributed by atoms with van der Waals surface area (Å²) in [6, 6.07) is 5.87. The van der Waals surface area contributed by atoms with Crippen LogP contribution in [0.25, 0.3) is 5.69 Å². The highest BCUT2D eigenvalue weighted by atomic mass is 16.6. The minimum atomic E-state index is -0.555.